The van der Waals surface area contributed by atoms with Gasteiger partial charge in [-0.2, -0.15) is 0 Å². The Morgan fingerprint density at radius 1 is 1.06 bits per heavy atom. The fraction of sp³-hybridized carbons (Fsp3) is 0.500. The molecule has 0 aliphatic carbocycles. The first kappa shape index (κ1) is 25.3. The molecule has 1 aromatic carbocycles. The Balaban J connectivity index is 0.000000309. The number of carboxylic acid groups (broad SMARTS) is 2. The summed E-state index contributed by atoms with van der Waals surface area (Å²) in [7, 11) is 0. The van der Waals surface area contributed by atoms with E-state index in [0.29, 0.717) is 6.54 Å². The van der Waals surface area contributed by atoms with E-state index in [-0.39, 0.29) is 5.91 Å². The molecule has 1 amide bonds. The summed E-state index contributed by atoms with van der Waals surface area (Å²) in [4.78, 5) is 36.5. The number of aromatic nitrogens is 1. The Kier molecular flexibility index (Phi) is 8.37. The number of likely N-dealkylation sites (N-methyl/N-ethyl adjacent to an activating group) is 1. The minimum atomic E-state index is -2.27. The molecule has 1 aliphatic rings. The van der Waals surface area contributed by atoms with Crippen molar-refractivity contribution in [1.29, 1.82) is 0 Å². The molecule has 0 radical (unpaired) electrons. The summed E-state index contributed by atoms with van der Waals surface area (Å²) >= 11 is 0. The molecular formula is C22H31N3O7. The summed E-state index contributed by atoms with van der Waals surface area (Å²) in [5, 5.41) is 33.8. The third-order valence-electron chi connectivity index (χ3n) is 5.86. The van der Waals surface area contributed by atoms with Crippen LogP contribution in [0.3, 0.4) is 0 Å². The maximum atomic E-state index is 12.6. The van der Waals surface area contributed by atoms with E-state index in [4.69, 9.17) is 20.4 Å². The molecule has 2 unspecified atom stereocenters. The minimum Gasteiger partial charge on any atom is -0.479 e. The molecule has 32 heavy (non-hydrogen) atoms. The fourth-order valence-electron chi connectivity index (χ4n) is 3.75. The van der Waals surface area contributed by atoms with E-state index in [9.17, 15) is 14.4 Å². The van der Waals surface area contributed by atoms with Gasteiger partial charge in [0.05, 0.1) is 11.2 Å². The molecule has 176 valence electrons. The van der Waals surface area contributed by atoms with Crippen molar-refractivity contribution in [2.45, 2.75) is 46.4 Å². The number of carboxylic acids is 2. The van der Waals surface area contributed by atoms with Crippen molar-refractivity contribution < 1.29 is 34.8 Å². The minimum absolute atomic E-state index is 0.200. The van der Waals surface area contributed by atoms with E-state index in [0.717, 1.165) is 31.9 Å². The molecule has 10 heteroatoms. The number of anilines is 1. The van der Waals surface area contributed by atoms with Crippen molar-refractivity contribution >= 4 is 34.4 Å². The number of aryl methyl sites for hydroxylation is 1. The Hall–Kier alpha value is -2.95. The Morgan fingerprint density at radius 2 is 1.62 bits per heavy atom. The van der Waals surface area contributed by atoms with E-state index in [1.807, 2.05) is 4.90 Å². The predicted octanol–water partition coefficient (Wildman–Crippen LogP) is 0.824. The smallest absolute Gasteiger partial charge is 0.335 e. The summed E-state index contributed by atoms with van der Waals surface area (Å²) in [6.07, 6.45) is -4.53. The highest BCUT2D eigenvalue weighted by molar-refractivity contribution is 6.07. The largest absolute Gasteiger partial charge is 0.479 e. The van der Waals surface area contributed by atoms with Gasteiger partial charge in [-0.05, 0) is 38.6 Å². The zero-order chi connectivity index (χ0) is 24.2. The highest BCUT2D eigenvalue weighted by Crippen LogP contribution is 2.35. The number of amides is 1. The van der Waals surface area contributed by atoms with Crippen molar-refractivity contribution in [3.05, 3.63) is 29.5 Å². The van der Waals surface area contributed by atoms with Gasteiger partial charge in [0, 0.05) is 24.2 Å². The van der Waals surface area contributed by atoms with Crippen LogP contribution in [0.2, 0.25) is 0 Å². The second-order valence-corrected chi connectivity index (χ2v) is 7.61. The van der Waals surface area contributed by atoms with Gasteiger partial charge in [-0.3, -0.25) is 4.79 Å². The topological polar surface area (TPSA) is 144 Å². The van der Waals surface area contributed by atoms with E-state index in [1.54, 1.807) is 0 Å². The number of benzene rings is 1. The molecule has 0 saturated heterocycles. The zero-order valence-corrected chi connectivity index (χ0v) is 18.8. The van der Waals surface area contributed by atoms with E-state index < -0.39 is 24.1 Å². The van der Waals surface area contributed by atoms with E-state index >= 15 is 0 Å². The van der Waals surface area contributed by atoms with Gasteiger partial charge in [0.25, 0.3) is 0 Å². The second-order valence-electron chi connectivity index (χ2n) is 7.61. The molecule has 0 bridgehead atoms. The van der Waals surface area contributed by atoms with Gasteiger partial charge >= 0.3 is 11.9 Å². The van der Waals surface area contributed by atoms with Crippen molar-refractivity contribution in [1.82, 2.24) is 9.47 Å². The van der Waals surface area contributed by atoms with Gasteiger partial charge in [0.15, 0.2) is 12.2 Å². The number of carbonyl (C=O) groups excluding carboxylic acids is 1. The van der Waals surface area contributed by atoms with Crippen LogP contribution >= 0.6 is 0 Å². The Bertz CT molecular complexity index is 979. The molecule has 0 fully saturated rings. The molecule has 2 atom stereocenters. The third kappa shape index (κ3) is 5.09. The molecule has 1 aliphatic heterocycles. The molecule has 4 N–H and O–H groups in total. The number of nitrogens with zero attached hydrogens (tertiary/aromatic N) is 3. The molecule has 3 rings (SSSR count). The maximum absolute atomic E-state index is 12.6. The summed E-state index contributed by atoms with van der Waals surface area (Å²) in [5.74, 6) is -3.34. The SMILES string of the molecule is CCN(CC)CCN1C(=O)Cn2c(C)c(C)c3cccc1c32.O=C(O)C(O)C(O)C(=O)O. The van der Waals surface area contributed by atoms with Crippen LogP contribution in [-0.4, -0.2) is 86.1 Å². The van der Waals surface area contributed by atoms with Gasteiger partial charge in [0.1, 0.15) is 6.54 Å². The highest BCUT2D eigenvalue weighted by Gasteiger charge is 2.29. The predicted molar refractivity (Wildman–Crippen MR) is 119 cm³/mol. The number of aliphatic hydroxyl groups excluding tert-OH is 2. The van der Waals surface area contributed by atoms with Crippen molar-refractivity contribution in [3.63, 3.8) is 0 Å². The number of aliphatic hydroxyl groups is 2. The van der Waals surface area contributed by atoms with Gasteiger partial charge in [0.2, 0.25) is 5.91 Å². The van der Waals surface area contributed by atoms with Crippen LogP contribution in [-0.2, 0) is 20.9 Å². The Labute approximate surface area is 186 Å². The summed E-state index contributed by atoms with van der Waals surface area (Å²) in [6.45, 7) is 12.8. The van der Waals surface area contributed by atoms with Crippen LogP contribution in [0.1, 0.15) is 25.1 Å². The normalized spacial score (nSPS) is 14.8. The first-order valence-corrected chi connectivity index (χ1v) is 10.5. The van der Waals surface area contributed by atoms with Crippen LogP contribution in [0.15, 0.2) is 18.2 Å². The van der Waals surface area contributed by atoms with E-state index in [1.165, 1.54) is 22.2 Å². The van der Waals surface area contributed by atoms with Gasteiger partial charge < -0.3 is 34.8 Å². The molecule has 2 aromatic rings. The quantitative estimate of drug-likeness (QED) is 0.464. The van der Waals surface area contributed by atoms with Crippen LogP contribution < -0.4 is 4.90 Å². The van der Waals surface area contributed by atoms with Crippen LogP contribution in [0.25, 0.3) is 10.9 Å². The molecular weight excluding hydrogens is 418 g/mol. The lowest BCUT2D eigenvalue weighted by Crippen LogP contribution is -2.42. The first-order valence-electron chi connectivity index (χ1n) is 10.5. The number of rotatable bonds is 8. The fourth-order valence-corrected chi connectivity index (χ4v) is 3.75. The van der Waals surface area contributed by atoms with Gasteiger partial charge in [-0.25, -0.2) is 9.59 Å². The number of carbonyl (C=O) groups is 3. The number of aliphatic carboxylic acids is 2. The van der Waals surface area contributed by atoms with Crippen LogP contribution in [0.4, 0.5) is 5.69 Å². The molecule has 10 nitrogen and oxygen atoms in total. The third-order valence-corrected chi connectivity index (χ3v) is 5.86. The van der Waals surface area contributed by atoms with Crippen molar-refractivity contribution in [3.8, 4) is 0 Å². The van der Waals surface area contributed by atoms with Crippen LogP contribution in [0.5, 0.6) is 0 Å². The molecule has 2 heterocycles. The Morgan fingerprint density at radius 3 is 2.12 bits per heavy atom. The zero-order valence-electron chi connectivity index (χ0n) is 18.8. The summed E-state index contributed by atoms with van der Waals surface area (Å²) in [5.41, 5.74) is 4.78. The average Bonchev–Trinajstić information content (AvgIpc) is 3.01. The maximum Gasteiger partial charge on any atom is 0.335 e. The van der Waals surface area contributed by atoms with Crippen molar-refractivity contribution in [2.75, 3.05) is 31.1 Å². The average molecular weight is 450 g/mol. The first-order chi connectivity index (χ1) is 15.0. The van der Waals surface area contributed by atoms with Gasteiger partial charge in [-0.15, -0.1) is 0 Å². The molecule has 0 spiro atoms. The van der Waals surface area contributed by atoms with Gasteiger partial charge in [-0.1, -0.05) is 26.0 Å². The highest BCUT2D eigenvalue weighted by atomic mass is 16.4. The summed E-state index contributed by atoms with van der Waals surface area (Å²) in [6, 6.07) is 6.31. The number of para-hydroxylation sites is 1. The molecule has 0 saturated carbocycles. The monoisotopic (exact) mass is 449 g/mol. The van der Waals surface area contributed by atoms with Crippen molar-refractivity contribution in [2.24, 2.45) is 0 Å². The molecule has 1 aromatic heterocycles. The number of hydrogen-bond donors (Lipinski definition) is 4. The lowest BCUT2D eigenvalue weighted by molar-refractivity contribution is -0.165. The lowest BCUT2D eigenvalue weighted by Gasteiger charge is -2.31. The standard InChI is InChI=1S/C18H25N3O.C4H6O6/c1-5-19(6-2)10-11-20-16-9-7-8-15-13(3)14(4)21(18(15)16)12-17(20)22;5-1(3(7)8)2(6)4(9)10/h7-9H,5-6,10-12H2,1-4H3;1-2,5-6H,(H,7,8)(H,9,10). The van der Waals surface area contributed by atoms with E-state index in [2.05, 4.69) is 55.4 Å². The number of hydrogen-bond acceptors (Lipinski definition) is 6. The lowest BCUT2D eigenvalue weighted by atomic mass is 10.1. The van der Waals surface area contributed by atoms with Crippen LogP contribution in [0, 0.1) is 13.8 Å². The summed E-state index contributed by atoms with van der Waals surface area (Å²) < 4.78 is 2.18. The second kappa shape index (κ2) is 10.6.